The number of aromatic nitrogens is 1. The molecular weight excluding hydrogens is 230 g/mol. The topological polar surface area (TPSA) is 39.9 Å². The van der Waals surface area contributed by atoms with Crippen molar-refractivity contribution in [3.05, 3.63) is 15.6 Å². The first-order valence-electron chi connectivity index (χ1n) is 6.36. The fraction of sp³-hybridized carbons (Fsp3) is 0.692. The highest BCUT2D eigenvalue weighted by molar-refractivity contribution is 7.11. The Morgan fingerprint density at radius 3 is 2.65 bits per heavy atom. The standard InChI is InChI=1S/C13H19N3S/c1-3-16(4-2)9-12-15-13(10-5-6-10)11(17-12)7-8-14/h10H,3-7,9H2,1-2H3. The molecule has 0 saturated heterocycles. The van der Waals surface area contributed by atoms with Gasteiger partial charge in [-0.15, -0.1) is 11.3 Å². The van der Waals surface area contributed by atoms with Gasteiger partial charge in [-0.3, -0.25) is 4.90 Å². The number of nitrogens with zero attached hydrogens (tertiary/aromatic N) is 3. The Labute approximate surface area is 107 Å². The van der Waals surface area contributed by atoms with Gasteiger partial charge in [-0.25, -0.2) is 4.98 Å². The van der Waals surface area contributed by atoms with Gasteiger partial charge in [-0.1, -0.05) is 13.8 Å². The molecule has 4 heteroatoms. The van der Waals surface area contributed by atoms with E-state index in [-0.39, 0.29) is 0 Å². The van der Waals surface area contributed by atoms with Crippen LogP contribution < -0.4 is 0 Å². The molecule has 1 aromatic heterocycles. The molecule has 17 heavy (non-hydrogen) atoms. The van der Waals surface area contributed by atoms with Crippen molar-refractivity contribution in [2.24, 2.45) is 0 Å². The van der Waals surface area contributed by atoms with Crippen LogP contribution in [0.15, 0.2) is 0 Å². The second-order valence-electron chi connectivity index (χ2n) is 4.49. The highest BCUT2D eigenvalue weighted by Crippen LogP contribution is 2.42. The Morgan fingerprint density at radius 2 is 2.12 bits per heavy atom. The molecule has 0 atom stereocenters. The average Bonchev–Trinajstić information content (AvgIpc) is 3.10. The summed E-state index contributed by atoms with van der Waals surface area (Å²) in [5, 5.41) is 10.0. The molecule has 1 fully saturated rings. The Bertz CT molecular complexity index is 411. The summed E-state index contributed by atoms with van der Waals surface area (Å²) in [5.74, 6) is 0.653. The van der Waals surface area contributed by atoms with E-state index in [1.54, 1.807) is 11.3 Å². The van der Waals surface area contributed by atoms with E-state index in [1.165, 1.54) is 28.4 Å². The molecule has 0 amide bonds. The van der Waals surface area contributed by atoms with Crippen molar-refractivity contribution in [2.45, 2.75) is 45.6 Å². The number of rotatable bonds is 6. The van der Waals surface area contributed by atoms with Crippen LogP contribution in [0.4, 0.5) is 0 Å². The molecule has 0 bridgehead atoms. The molecule has 0 aliphatic heterocycles. The molecule has 1 heterocycles. The monoisotopic (exact) mass is 249 g/mol. The predicted octanol–water partition coefficient (Wildman–Crippen LogP) is 2.93. The fourth-order valence-electron chi connectivity index (χ4n) is 1.99. The lowest BCUT2D eigenvalue weighted by Gasteiger charge is -2.15. The molecule has 0 spiro atoms. The van der Waals surface area contributed by atoms with E-state index >= 15 is 0 Å². The maximum absolute atomic E-state index is 8.85. The molecule has 1 aromatic rings. The second-order valence-corrected chi connectivity index (χ2v) is 5.65. The van der Waals surface area contributed by atoms with Crippen molar-refractivity contribution in [2.75, 3.05) is 13.1 Å². The average molecular weight is 249 g/mol. The Balaban J connectivity index is 2.12. The third-order valence-electron chi connectivity index (χ3n) is 3.23. The highest BCUT2D eigenvalue weighted by Gasteiger charge is 2.29. The predicted molar refractivity (Wildman–Crippen MR) is 70.0 cm³/mol. The smallest absolute Gasteiger partial charge is 0.107 e. The first kappa shape index (κ1) is 12.5. The number of hydrogen-bond donors (Lipinski definition) is 0. The summed E-state index contributed by atoms with van der Waals surface area (Å²) in [6, 6.07) is 2.26. The Morgan fingerprint density at radius 1 is 1.41 bits per heavy atom. The summed E-state index contributed by atoms with van der Waals surface area (Å²) in [7, 11) is 0. The van der Waals surface area contributed by atoms with Gasteiger partial charge in [0.15, 0.2) is 0 Å². The third-order valence-corrected chi connectivity index (χ3v) is 4.28. The van der Waals surface area contributed by atoms with Crippen molar-refractivity contribution < 1.29 is 0 Å². The van der Waals surface area contributed by atoms with E-state index in [4.69, 9.17) is 10.2 Å². The largest absolute Gasteiger partial charge is 0.297 e. The maximum atomic E-state index is 8.85. The van der Waals surface area contributed by atoms with Crippen LogP contribution in [0.25, 0.3) is 0 Å². The van der Waals surface area contributed by atoms with Gasteiger partial charge in [0.1, 0.15) is 5.01 Å². The van der Waals surface area contributed by atoms with Gasteiger partial charge in [-0.2, -0.15) is 5.26 Å². The van der Waals surface area contributed by atoms with Crippen LogP contribution >= 0.6 is 11.3 Å². The van der Waals surface area contributed by atoms with Crippen molar-refractivity contribution >= 4 is 11.3 Å². The minimum absolute atomic E-state index is 0.530. The molecule has 0 unspecified atom stereocenters. The van der Waals surface area contributed by atoms with Crippen LogP contribution in [0.5, 0.6) is 0 Å². The van der Waals surface area contributed by atoms with E-state index in [0.717, 1.165) is 19.6 Å². The van der Waals surface area contributed by atoms with Gasteiger partial charge >= 0.3 is 0 Å². The first-order chi connectivity index (χ1) is 8.28. The Hall–Kier alpha value is -0.920. The highest BCUT2D eigenvalue weighted by atomic mass is 32.1. The van der Waals surface area contributed by atoms with E-state index in [1.807, 2.05) is 0 Å². The van der Waals surface area contributed by atoms with E-state index in [0.29, 0.717) is 12.3 Å². The van der Waals surface area contributed by atoms with E-state index in [9.17, 15) is 0 Å². The molecule has 1 aliphatic rings. The van der Waals surface area contributed by atoms with Crippen LogP contribution in [0.2, 0.25) is 0 Å². The minimum Gasteiger partial charge on any atom is -0.297 e. The zero-order chi connectivity index (χ0) is 12.3. The Kier molecular flexibility index (Phi) is 4.14. The minimum atomic E-state index is 0.530. The molecule has 92 valence electrons. The quantitative estimate of drug-likeness (QED) is 0.778. The lowest BCUT2D eigenvalue weighted by Crippen LogP contribution is -2.21. The van der Waals surface area contributed by atoms with Crippen molar-refractivity contribution in [3.63, 3.8) is 0 Å². The van der Waals surface area contributed by atoms with Crippen LogP contribution in [0.3, 0.4) is 0 Å². The zero-order valence-corrected chi connectivity index (χ0v) is 11.4. The number of hydrogen-bond acceptors (Lipinski definition) is 4. The van der Waals surface area contributed by atoms with Gasteiger partial charge in [0.25, 0.3) is 0 Å². The van der Waals surface area contributed by atoms with Crippen LogP contribution in [0.1, 0.15) is 48.2 Å². The van der Waals surface area contributed by atoms with Gasteiger partial charge in [0, 0.05) is 10.8 Å². The molecule has 1 saturated carbocycles. The molecule has 2 rings (SSSR count). The van der Waals surface area contributed by atoms with Gasteiger partial charge in [0.05, 0.1) is 24.7 Å². The molecule has 1 aliphatic carbocycles. The summed E-state index contributed by atoms with van der Waals surface area (Å²) >= 11 is 1.74. The van der Waals surface area contributed by atoms with Gasteiger partial charge in [0.2, 0.25) is 0 Å². The van der Waals surface area contributed by atoms with Crippen LogP contribution in [-0.4, -0.2) is 23.0 Å². The van der Waals surface area contributed by atoms with Gasteiger partial charge in [-0.05, 0) is 25.9 Å². The summed E-state index contributed by atoms with van der Waals surface area (Å²) < 4.78 is 0. The summed E-state index contributed by atoms with van der Waals surface area (Å²) in [6.07, 6.45) is 3.04. The van der Waals surface area contributed by atoms with Crippen molar-refractivity contribution in [1.82, 2.24) is 9.88 Å². The molecule has 0 N–H and O–H groups in total. The molecule has 0 aromatic carbocycles. The lowest BCUT2D eigenvalue weighted by molar-refractivity contribution is 0.295. The third kappa shape index (κ3) is 3.05. The summed E-state index contributed by atoms with van der Waals surface area (Å²) in [6.45, 7) is 7.40. The van der Waals surface area contributed by atoms with Gasteiger partial charge < -0.3 is 0 Å². The van der Waals surface area contributed by atoms with E-state index in [2.05, 4.69) is 24.8 Å². The molecule has 3 nitrogen and oxygen atoms in total. The first-order valence-corrected chi connectivity index (χ1v) is 7.17. The molecule has 0 radical (unpaired) electrons. The van der Waals surface area contributed by atoms with Crippen molar-refractivity contribution in [3.8, 4) is 6.07 Å². The lowest BCUT2D eigenvalue weighted by atomic mass is 10.2. The van der Waals surface area contributed by atoms with Crippen LogP contribution in [0, 0.1) is 11.3 Å². The number of nitriles is 1. The fourth-order valence-corrected chi connectivity index (χ4v) is 3.12. The number of thiazole rings is 1. The van der Waals surface area contributed by atoms with Crippen LogP contribution in [-0.2, 0) is 13.0 Å². The normalized spacial score (nSPS) is 15.2. The summed E-state index contributed by atoms with van der Waals surface area (Å²) in [5.41, 5.74) is 1.22. The zero-order valence-electron chi connectivity index (χ0n) is 10.6. The van der Waals surface area contributed by atoms with E-state index < -0.39 is 0 Å². The van der Waals surface area contributed by atoms with Crippen molar-refractivity contribution in [1.29, 1.82) is 5.26 Å². The summed E-state index contributed by atoms with van der Waals surface area (Å²) in [4.78, 5) is 8.32. The second kappa shape index (κ2) is 5.61. The maximum Gasteiger partial charge on any atom is 0.107 e. The SMILES string of the molecule is CCN(CC)Cc1nc(C2CC2)c(CC#N)s1. The molecular formula is C13H19N3S.